The molecule has 1 unspecified atom stereocenters. The van der Waals surface area contributed by atoms with Gasteiger partial charge in [0.1, 0.15) is 0 Å². The third-order valence-corrected chi connectivity index (χ3v) is 4.31. The summed E-state index contributed by atoms with van der Waals surface area (Å²) in [5.74, 6) is 0. The number of benzene rings is 2. The highest BCUT2D eigenvalue weighted by Crippen LogP contribution is 2.43. The van der Waals surface area contributed by atoms with Crippen molar-refractivity contribution >= 4 is 10.8 Å². The van der Waals surface area contributed by atoms with Crippen LogP contribution in [0.5, 0.6) is 0 Å². The smallest absolute Gasteiger partial charge is 0.0870 e. The quantitative estimate of drug-likeness (QED) is 0.893. The Morgan fingerprint density at radius 3 is 2.44 bits per heavy atom. The molecule has 0 radical (unpaired) electrons. The van der Waals surface area contributed by atoms with Crippen molar-refractivity contribution < 1.29 is 4.74 Å². The molecule has 3 rings (SSSR count). The summed E-state index contributed by atoms with van der Waals surface area (Å²) >= 11 is 0. The van der Waals surface area contributed by atoms with E-state index in [-0.39, 0.29) is 11.6 Å². The lowest BCUT2D eigenvalue weighted by molar-refractivity contribution is -0.0911. The van der Waals surface area contributed by atoms with Gasteiger partial charge in [-0.25, -0.2) is 0 Å². The normalized spacial score (nSPS) is 19.4. The molecule has 0 heterocycles. The van der Waals surface area contributed by atoms with Crippen LogP contribution in [0.1, 0.15) is 30.9 Å². The fourth-order valence-corrected chi connectivity index (χ4v) is 2.87. The van der Waals surface area contributed by atoms with Crippen molar-refractivity contribution in [2.45, 2.75) is 30.9 Å². The molecule has 0 saturated heterocycles. The molecule has 2 N–H and O–H groups in total. The van der Waals surface area contributed by atoms with Crippen LogP contribution in [0.2, 0.25) is 0 Å². The molecule has 0 bridgehead atoms. The number of ether oxygens (including phenoxy) is 1. The van der Waals surface area contributed by atoms with Gasteiger partial charge in [0, 0.05) is 7.11 Å². The molecule has 0 aromatic heterocycles. The SMILES string of the molecule is COC1(C(N)c2ccc3ccccc3c2)CCC1. The highest BCUT2D eigenvalue weighted by molar-refractivity contribution is 5.83. The maximum atomic E-state index is 6.41. The Balaban J connectivity index is 1.98. The van der Waals surface area contributed by atoms with Crippen molar-refractivity contribution in [1.82, 2.24) is 0 Å². The minimum Gasteiger partial charge on any atom is -0.376 e. The second-order valence-corrected chi connectivity index (χ2v) is 5.21. The summed E-state index contributed by atoms with van der Waals surface area (Å²) in [7, 11) is 1.78. The first-order chi connectivity index (χ1) is 8.75. The Morgan fingerprint density at radius 1 is 1.11 bits per heavy atom. The molecule has 2 heteroatoms. The van der Waals surface area contributed by atoms with Gasteiger partial charge in [-0.2, -0.15) is 0 Å². The third kappa shape index (κ3) is 1.73. The van der Waals surface area contributed by atoms with Crippen molar-refractivity contribution in [3.8, 4) is 0 Å². The van der Waals surface area contributed by atoms with Gasteiger partial charge < -0.3 is 10.5 Å². The lowest BCUT2D eigenvalue weighted by Gasteiger charge is -2.45. The molecular weight excluding hydrogens is 222 g/mol. The summed E-state index contributed by atoms with van der Waals surface area (Å²) in [4.78, 5) is 0. The summed E-state index contributed by atoms with van der Waals surface area (Å²) in [6, 6.07) is 14.8. The van der Waals surface area contributed by atoms with Crippen LogP contribution in [0.25, 0.3) is 10.8 Å². The number of methoxy groups -OCH3 is 1. The topological polar surface area (TPSA) is 35.2 Å². The number of nitrogens with two attached hydrogens (primary N) is 1. The second kappa shape index (κ2) is 4.38. The third-order valence-electron chi connectivity index (χ3n) is 4.31. The largest absolute Gasteiger partial charge is 0.376 e. The fraction of sp³-hybridized carbons (Fsp3) is 0.375. The Bertz CT molecular complexity index is 554. The maximum absolute atomic E-state index is 6.41. The lowest BCUT2D eigenvalue weighted by Crippen LogP contribution is -2.48. The van der Waals surface area contributed by atoms with Crippen molar-refractivity contribution in [1.29, 1.82) is 0 Å². The number of hydrogen-bond donors (Lipinski definition) is 1. The molecule has 1 saturated carbocycles. The molecule has 0 aliphatic heterocycles. The van der Waals surface area contributed by atoms with E-state index >= 15 is 0 Å². The second-order valence-electron chi connectivity index (χ2n) is 5.21. The molecule has 94 valence electrons. The fourth-order valence-electron chi connectivity index (χ4n) is 2.87. The zero-order valence-corrected chi connectivity index (χ0v) is 10.7. The van der Waals surface area contributed by atoms with Gasteiger partial charge in [0.05, 0.1) is 11.6 Å². The van der Waals surface area contributed by atoms with Crippen LogP contribution >= 0.6 is 0 Å². The van der Waals surface area contributed by atoms with Gasteiger partial charge >= 0.3 is 0 Å². The summed E-state index contributed by atoms with van der Waals surface area (Å²) < 4.78 is 5.68. The highest BCUT2D eigenvalue weighted by atomic mass is 16.5. The van der Waals surface area contributed by atoms with Gasteiger partial charge in [0.2, 0.25) is 0 Å². The minimum absolute atomic E-state index is 0.0270. The predicted octanol–water partition coefficient (Wildman–Crippen LogP) is 3.41. The summed E-state index contributed by atoms with van der Waals surface area (Å²) in [5.41, 5.74) is 7.45. The first-order valence-electron chi connectivity index (χ1n) is 6.55. The van der Waals surface area contributed by atoms with E-state index in [0.717, 1.165) is 12.8 Å². The van der Waals surface area contributed by atoms with Crippen LogP contribution in [0.15, 0.2) is 42.5 Å². The average molecular weight is 241 g/mol. The summed E-state index contributed by atoms with van der Waals surface area (Å²) in [6.45, 7) is 0. The van der Waals surface area contributed by atoms with Gasteiger partial charge in [-0.05, 0) is 41.7 Å². The molecule has 1 atom stereocenters. The van der Waals surface area contributed by atoms with Crippen LogP contribution in [0, 0.1) is 0 Å². The van der Waals surface area contributed by atoms with E-state index < -0.39 is 0 Å². The zero-order valence-electron chi connectivity index (χ0n) is 10.7. The van der Waals surface area contributed by atoms with Crippen molar-refractivity contribution in [3.05, 3.63) is 48.0 Å². The average Bonchev–Trinajstić information content (AvgIpc) is 2.37. The standard InChI is InChI=1S/C16H19NO/c1-18-16(9-4-10-16)15(17)14-8-7-12-5-2-3-6-13(12)11-14/h2-3,5-8,11,15H,4,9-10,17H2,1H3. The monoisotopic (exact) mass is 241 g/mol. The zero-order chi connectivity index (χ0) is 12.6. The summed E-state index contributed by atoms with van der Waals surface area (Å²) in [5, 5.41) is 2.50. The van der Waals surface area contributed by atoms with Crippen LogP contribution in [0.3, 0.4) is 0 Å². The molecule has 1 aliphatic rings. The highest BCUT2D eigenvalue weighted by Gasteiger charge is 2.43. The van der Waals surface area contributed by atoms with Crippen LogP contribution < -0.4 is 5.73 Å². The molecule has 2 aromatic rings. The van der Waals surface area contributed by atoms with E-state index in [2.05, 4.69) is 42.5 Å². The van der Waals surface area contributed by atoms with Gasteiger partial charge in [-0.1, -0.05) is 36.4 Å². The van der Waals surface area contributed by atoms with Crippen LogP contribution in [0.4, 0.5) is 0 Å². The molecule has 0 spiro atoms. The predicted molar refractivity (Wildman–Crippen MR) is 74.5 cm³/mol. The molecular formula is C16H19NO. The number of rotatable bonds is 3. The maximum Gasteiger partial charge on any atom is 0.0870 e. The number of fused-ring (bicyclic) bond motifs is 1. The minimum atomic E-state index is -0.136. The van der Waals surface area contributed by atoms with Crippen LogP contribution in [-0.4, -0.2) is 12.7 Å². The van der Waals surface area contributed by atoms with Gasteiger partial charge in [0.25, 0.3) is 0 Å². The van der Waals surface area contributed by atoms with Gasteiger partial charge in [0.15, 0.2) is 0 Å². The summed E-state index contributed by atoms with van der Waals surface area (Å²) in [6.07, 6.45) is 3.35. The lowest BCUT2D eigenvalue weighted by atomic mass is 9.72. The van der Waals surface area contributed by atoms with E-state index in [1.54, 1.807) is 7.11 Å². The Hall–Kier alpha value is -1.38. The Labute approximate surface area is 108 Å². The molecule has 18 heavy (non-hydrogen) atoms. The first-order valence-corrected chi connectivity index (χ1v) is 6.55. The van der Waals surface area contributed by atoms with E-state index in [4.69, 9.17) is 10.5 Å². The molecule has 2 nitrogen and oxygen atoms in total. The van der Waals surface area contributed by atoms with Crippen molar-refractivity contribution in [3.63, 3.8) is 0 Å². The Morgan fingerprint density at radius 2 is 1.83 bits per heavy atom. The van der Waals surface area contributed by atoms with E-state index in [9.17, 15) is 0 Å². The first kappa shape index (κ1) is 11.7. The van der Waals surface area contributed by atoms with E-state index in [1.165, 1.54) is 22.8 Å². The van der Waals surface area contributed by atoms with E-state index in [0.29, 0.717) is 0 Å². The van der Waals surface area contributed by atoms with Crippen molar-refractivity contribution in [2.75, 3.05) is 7.11 Å². The van der Waals surface area contributed by atoms with Crippen LogP contribution in [-0.2, 0) is 4.74 Å². The number of hydrogen-bond acceptors (Lipinski definition) is 2. The molecule has 2 aromatic carbocycles. The van der Waals surface area contributed by atoms with Crippen molar-refractivity contribution in [2.24, 2.45) is 5.73 Å². The van der Waals surface area contributed by atoms with Gasteiger partial charge in [-0.3, -0.25) is 0 Å². The van der Waals surface area contributed by atoms with Gasteiger partial charge in [-0.15, -0.1) is 0 Å². The molecule has 1 aliphatic carbocycles. The van der Waals surface area contributed by atoms with E-state index in [1.807, 2.05) is 0 Å². The molecule has 0 amide bonds. The Kier molecular flexibility index (Phi) is 2.84. The molecule has 1 fully saturated rings.